The predicted octanol–water partition coefficient (Wildman–Crippen LogP) is 4.37. The van der Waals surface area contributed by atoms with E-state index in [1.807, 2.05) is 24.4 Å². The second-order valence-corrected chi connectivity index (χ2v) is 5.16. The third-order valence-electron chi connectivity index (χ3n) is 3.16. The number of hydrogen-bond acceptors (Lipinski definition) is 4. The van der Waals surface area contributed by atoms with E-state index in [4.69, 9.17) is 11.6 Å². The number of anilines is 2. The van der Waals surface area contributed by atoms with E-state index in [2.05, 4.69) is 33.3 Å². The third kappa shape index (κ3) is 3.11. The van der Waals surface area contributed by atoms with Crippen LogP contribution in [0.1, 0.15) is 19.2 Å². The van der Waals surface area contributed by atoms with E-state index in [1.54, 1.807) is 12.3 Å². The van der Waals surface area contributed by atoms with Crippen molar-refractivity contribution in [1.29, 1.82) is 0 Å². The van der Waals surface area contributed by atoms with E-state index in [1.165, 1.54) is 0 Å². The van der Waals surface area contributed by atoms with Crippen molar-refractivity contribution < 1.29 is 0 Å². The van der Waals surface area contributed by atoms with Gasteiger partial charge in [0, 0.05) is 36.0 Å². The summed E-state index contributed by atoms with van der Waals surface area (Å²) in [7, 11) is 0. The first-order valence-electron chi connectivity index (χ1n) is 6.89. The van der Waals surface area contributed by atoms with Crippen molar-refractivity contribution in [3.63, 3.8) is 0 Å². The van der Waals surface area contributed by atoms with Gasteiger partial charge in [-0.15, -0.1) is 0 Å². The number of hydrogen-bond donors (Lipinski definition) is 1. The van der Waals surface area contributed by atoms with Crippen LogP contribution in [0.5, 0.6) is 0 Å². The molecule has 0 radical (unpaired) electrons. The molecule has 0 fully saturated rings. The van der Waals surface area contributed by atoms with Crippen LogP contribution in [0.2, 0.25) is 5.15 Å². The smallest absolute Gasteiger partial charge is 0.135 e. The second kappa shape index (κ2) is 6.06. The molecule has 0 amide bonds. The van der Waals surface area contributed by atoms with E-state index in [9.17, 15) is 0 Å². The molecule has 4 nitrogen and oxygen atoms in total. The van der Waals surface area contributed by atoms with Crippen LogP contribution in [-0.4, -0.2) is 15.0 Å². The standard InChI is InChI=1S/C16H15ClN4/c1-2-4-15-20-14(17)9-16(21-15)19-13-6-3-5-11-7-8-18-10-12(11)13/h3,5-10H,2,4H2,1H3,(H,19,20,21). The van der Waals surface area contributed by atoms with Gasteiger partial charge in [-0.05, 0) is 23.9 Å². The van der Waals surface area contributed by atoms with Crippen molar-refractivity contribution >= 4 is 33.9 Å². The highest BCUT2D eigenvalue weighted by Gasteiger charge is 2.05. The molecule has 0 bridgehead atoms. The maximum Gasteiger partial charge on any atom is 0.135 e. The van der Waals surface area contributed by atoms with Crippen LogP contribution in [0.15, 0.2) is 42.7 Å². The summed E-state index contributed by atoms with van der Waals surface area (Å²) in [6, 6.07) is 9.77. The maximum atomic E-state index is 6.07. The Balaban J connectivity index is 1.98. The van der Waals surface area contributed by atoms with Crippen molar-refractivity contribution in [1.82, 2.24) is 15.0 Å². The quantitative estimate of drug-likeness (QED) is 0.726. The molecule has 0 unspecified atom stereocenters. The van der Waals surface area contributed by atoms with Gasteiger partial charge < -0.3 is 5.32 Å². The number of aryl methyl sites for hydroxylation is 1. The van der Waals surface area contributed by atoms with Crippen LogP contribution in [0, 0.1) is 0 Å². The Morgan fingerprint density at radius 2 is 2.10 bits per heavy atom. The molecule has 5 heteroatoms. The maximum absolute atomic E-state index is 6.07. The average molecular weight is 299 g/mol. The minimum atomic E-state index is 0.453. The van der Waals surface area contributed by atoms with E-state index in [0.29, 0.717) is 11.0 Å². The fourth-order valence-electron chi connectivity index (χ4n) is 2.22. The minimum absolute atomic E-state index is 0.453. The van der Waals surface area contributed by atoms with Gasteiger partial charge in [-0.25, -0.2) is 9.97 Å². The summed E-state index contributed by atoms with van der Waals surface area (Å²) in [5.74, 6) is 1.46. The molecule has 2 heterocycles. The largest absolute Gasteiger partial charge is 0.340 e. The van der Waals surface area contributed by atoms with Gasteiger partial charge in [0.05, 0.1) is 0 Å². The topological polar surface area (TPSA) is 50.7 Å². The number of halogens is 1. The van der Waals surface area contributed by atoms with Gasteiger partial charge in [-0.2, -0.15) is 0 Å². The van der Waals surface area contributed by atoms with Gasteiger partial charge in [-0.3, -0.25) is 4.98 Å². The summed E-state index contributed by atoms with van der Waals surface area (Å²) < 4.78 is 0. The summed E-state index contributed by atoms with van der Waals surface area (Å²) in [6.45, 7) is 2.09. The molecule has 1 aromatic carbocycles. The van der Waals surface area contributed by atoms with Crippen molar-refractivity contribution in [3.05, 3.63) is 53.7 Å². The summed E-state index contributed by atoms with van der Waals surface area (Å²) in [5.41, 5.74) is 0.956. The molecule has 3 aromatic rings. The van der Waals surface area contributed by atoms with Gasteiger partial charge in [0.1, 0.15) is 16.8 Å². The second-order valence-electron chi connectivity index (χ2n) is 4.77. The molecule has 0 atom stereocenters. The van der Waals surface area contributed by atoms with Crippen LogP contribution in [0.4, 0.5) is 11.5 Å². The van der Waals surface area contributed by atoms with Crippen LogP contribution < -0.4 is 5.32 Å². The van der Waals surface area contributed by atoms with Crippen LogP contribution in [-0.2, 0) is 6.42 Å². The SMILES string of the molecule is CCCc1nc(Cl)cc(Nc2cccc3ccncc23)n1. The Kier molecular flexibility index (Phi) is 3.97. The number of benzene rings is 1. The number of aromatic nitrogens is 3. The molecule has 21 heavy (non-hydrogen) atoms. The van der Waals surface area contributed by atoms with Gasteiger partial charge in [0.2, 0.25) is 0 Å². The average Bonchev–Trinajstić information content (AvgIpc) is 2.47. The Morgan fingerprint density at radius 3 is 2.95 bits per heavy atom. The fourth-order valence-corrected chi connectivity index (χ4v) is 2.43. The highest BCUT2D eigenvalue weighted by Crippen LogP contribution is 2.25. The highest BCUT2D eigenvalue weighted by molar-refractivity contribution is 6.29. The first-order valence-corrected chi connectivity index (χ1v) is 7.27. The summed E-state index contributed by atoms with van der Waals surface area (Å²) >= 11 is 6.07. The van der Waals surface area contributed by atoms with Gasteiger partial charge in [0.15, 0.2) is 0 Å². The number of nitrogens with zero attached hydrogens (tertiary/aromatic N) is 3. The van der Waals surface area contributed by atoms with Crippen molar-refractivity contribution in [2.75, 3.05) is 5.32 Å². The zero-order valence-electron chi connectivity index (χ0n) is 11.7. The Morgan fingerprint density at radius 1 is 1.19 bits per heavy atom. The molecule has 1 N–H and O–H groups in total. The molecule has 0 saturated carbocycles. The number of nitrogens with one attached hydrogen (secondary N) is 1. The first-order chi connectivity index (χ1) is 10.3. The van der Waals surface area contributed by atoms with Crippen LogP contribution in [0.3, 0.4) is 0 Å². The number of rotatable bonds is 4. The lowest BCUT2D eigenvalue weighted by molar-refractivity contribution is 0.837. The molecule has 0 saturated heterocycles. The monoisotopic (exact) mass is 298 g/mol. The van der Waals surface area contributed by atoms with Crippen molar-refractivity contribution in [3.8, 4) is 0 Å². The molecule has 0 spiro atoms. The molecular weight excluding hydrogens is 284 g/mol. The van der Waals surface area contributed by atoms with Crippen molar-refractivity contribution in [2.24, 2.45) is 0 Å². The molecule has 0 aliphatic rings. The fraction of sp³-hybridized carbons (Fsp3) is 0.188. The molecule has 3 rings (SSSR count). The molecule has 0 aliphatic heterocycles. The Labute approximate surface area is 128 Å². The lowest BCUT2D eigenvalue weighted by Gasteiger charge is -2.10. The van der Waals surface area contributed by atoms with E-state index < -0.39 is 0 Å². The van der Waals surface area contributed by atoms with Gasteiger partial charge >= 0.3 is 0 Å². The number of pyridine rings is 1. The summed E-state index contributed by atoms with van der Waals surface area (Å²) in [5, 5.41) is 5.94. The van der Waals surface area contributed by atoms with Gasteiger partial charge in [0.25, 0.3) is 0 Å². The molecular formula is C16H15ClN4. The minimum Gasteiger partial charge on any atom is -0.340 e. The molecule has 0 aliphatic carbocycles. The van der Waals surface area contributed by atoms with Crippen LogP contribution in [0.25, 0.3) is 10.8 Å². The predicted molar refractivity (Wildman–Crippen MR) is 86.1 cm³/mol. The van der Waals surface area contributed by atoms with Crippen LogP contribution >= 0.6 is 11.6 Å². The highest BCUT2D eigenvalue weighted by atomic mass is 35.5. The van der Waals surface area contributed by atoms with Crippen molar-refractivity contribution in [2.45, 2.75) is 19.8 Å². The summed E-state index contributed by atoms with van der Waals surface area (Å²) in [4.78, 5) is 12.9. The molecule has 2 aromatic heterocycles. The van der Waals surface area contributed by atoms with Gasteiger partial charge in [-0.1, -0.05) is 30.7 Å². The Bertz CT molecular complexity index is 768. The third-order valence-corrected chi connectivity index (χ3v) is 3.35. The first kappa shape index (κ1) is 13.8. The number of fused-ring (bicyclic) bond motifs is 1. The zero-order valence-corrected chi connectivity index (χ0v) is 12.4. The van der Waals surface area contributed by atoms with E-state index >= 15 is 0 Å². The zero-order chi connectivity index (χ0) is 14.7. The van der Waals surface area contributed by atoms with E-state index in [0.717, 1.165) is 35.1 Å². The lowest BCUT2D eigenvalue weighted by atomic mass is 10.1. The normalized spacial score (nSPS) is 10.8. The Hall–Kier alpha value is -2.20. The van der Waals surface area contributed by atoms with E-state index in [-0.39, 0.29) is 0 Å². The molecule has 106 valence electrons. The lowest BCUT2D eigenvalue weighted by Crippen LogP contribution is -2.00. The summed E-state index contributed by atoms with van der Waals surface area (Å²) in [6.07, 6.45) is 5.42.